The molecule has 1 N–H and O–H groups in total. The molecular weight excluding hydrogens is 186 g/mol. The number of Topliss-reactive ketones (excluding diaryl/α,β-unsaturated/α-hetero) is 1. The highest BCUT2D eigenvalue weighted by molar-refractivity contribution is 5.93. The number of aliphatic carboxylic acids is 1. The van der Waals surface area contributed by atoms with Crippen molar-refractivity contribution >= 4 is 17.7 Å². The molecule has 78 valence electrons. The summed E-state index contributed by atoms with van der Waals surface area (Å²) in [5, 5.41) is 12.9. The van der Waals surface area contributed by atoms with Crippen molar-refractivity contribution in [2.75, 3.05) is 0 Å². The third-order valence-corrected chi connectivity index (χ3v) is 2.53. The third-order valence-electron chi connectivity index (χ3n) is 2.53. The van der Waals surface area contributed by atoms with Gasteiger partial charge in [0.15, 0.2) is 0 Å². The van der Waals surface area contributed by atoms with Crippen molar-refractivity contribution in [1.29, 1.82) is 0 Å². The van der Waals surface area contributed by atoms with Gasteiger partial charge in [-0.15, -0.1) is 0 Å². The van der Waals surface area contributed by atoms with Crippen molar-refractivity contribution in [3.05, 3.63) is 0 Å². The molecule has 5 heteroatoms. The summed E-state index contributed by atoms with van der Waals surface area (Å²) < 4.78 is 0. The molecule has 0 aromatic heterocycles. The Morgan fingerprint density at radius 2 is 2.07 bits per heavy atom. The molecule has 1 aliphatic rings. The number of hydrogen-bond donors (Lipinski definition) is 1. The van der Waals surface area contributed by atoms with Crippen LogP contribution in [0.15, 0.2) is 0 Å². The van der Waals surface area contributed by atoms with Crippen molar-refractivity contribution in [3.8, 4) is 0 Å². The maximum absolute atomic E-state index is 11.3. The van der Waals surface area contributed by atoms with Gasteiger partial charge in [-0.2, -0.15) is 0 Å². The second-order valence-corrected chi connectivity index (χ2v) is 3.62. The minimum Gasteiger partial charge on any atom is -0.550 e. The van der Waals surface area contributed by atoms with Crippen LogP contribution in [0.2, 0.25) is 0 Å². The Bertz CT molecular complexity index is 287. The zero-order chi connectivity index (χ0) is 10.9. The number of carbonyl (C=O) groups excluding carboxylic acids is 3. The van der Waals surface area contributed by atoms with Crippen LogP contribution in [0.3, 0.4) is 0 Å². The summed E-state index contributed by atoms with van der Waals surface area (Å²) in [5.41, 5.74) is 0. The number of hydrogen-bond acceptors (Lipinski definition) is 4. The van der Waals surface area contributed by atoms with Gasteiger partial charge in [-0.05, 0) is 20.3 Å². The topological polar surface area (TPSA) is 86.3 Å². The smallest absolute Gasteiger partial charge is 0.224 e. The molecule has 1 aliphatic heterocycles. The molecule has 0 aliphatic carbocycles. The average molecular weight is 198 g/mol. The van der Waals surface area contributed by atoms with Gasteiger partial charge < -0.3 is 15.2 Å². The van der Waals surface area contributed by atoms with Crippen LogP contribution in [0, 0.1) is 11.8 Å². The summed E-state index contributed by atoms with van der Waals surface area (Å²) >= 11 is 0. The fourth-order valence-corrected chi connectivity index (χ4v) is 1.97. The molecule has 0 aromatic carbocycles. The lowest BCUT2D eigenvalue weighted by Crippen LogP contribution is -2.32. The highest BCUT2D eigenvalue weighted by Crippen LogP contribution is 2.26. The fraction of sp³-hybridized carbons (Fsp3) is 0.667. The Kier molecular flexibility index (Phi) is 2.88. The summed E-state index contributed by atoms with van der Waals surface area (Å²) in [6.07, 6.45) is -0.388. The average Bonchev–Trinajstić information content (AvgIpc) is 2.25. The first-order chi connectivity index (χ1) is 6.43. The van der Waals surface area contributed by atoms with Gasteiger partial charge in [-0.25, -0.2) is 0 Å². The Balaban J connectivity index is 2.83. The number of rotatable bonds is 3. The number of ketones is 1. The van der Waals surface area contributed by atoms with Crippen LogP contribution in [-0.2, 0) is 14.4 Å². The SMILES string of the molecule is CC(=O)[C@H]1[C@H](CC(=O)[O-])C(=O)N[C@@H]1C. The molecule has 14 heavy (non-hydrogen) atoms. The Morgan fingerprint density at radius 3 is 2.50 bits per heavy atom. The minimum absolute atomic E-state index is 0.165. The number of carboxylic acids is 1. The van der Waals surface area contributed by atoms with Gasteiger partial charge in [0, 0.05) is 17.9 Å². The minimum atomic E-state index is -1.30. The van der Waals surface area contributed by atoms with Crippen LogP contribution in [0.25, 0.3) is 0 Å². The maximum Gasteiger partial charge on any atom is 0.224 e. The standard InChI is InChI=1S/C9H13NO4/c1-4-8(5(2)11)6(3-7(12)13)9(14)10-4/h4,6,8H,3H2,1-2H3,(H,10,14)(H,12,13)/p-1/t4-,6+,8+/m1/s1. The van der Waals surface area contributed by atoms with E-state index in [1.165, 1.54) is 6.92 Å². The molecule has 3 atom stereocenters. The van der Waals surface area contributed by atoms with Crippen molar-refractivity contribution in [3.63, 3.8) is 0 Å². The maximum atomic E-state index is 11.3. The molecule has 0 bridgehead atoms. The highest BCUT2D eigenvalue weighted by Gasteiger charge is 2.42. The molecule has 0 radical (unpaired) electrons. The number of carboxylic acid groups (broad SMARTS) is 1. The number of carbonyl (C=O) groups is 3. The third kappa shape index (κ3) is 1.92. The summed E-state index contributed by atoms with van der Waals surface area (Å²) in [5.74, 6) is -3.15. The lowest BCUT2D eigenvalue weighted by molar-refractivity contribution is -0.306. The first-order valence-electron chi connectivity index (χ1n) is 4.44. The molecule has 0 aromatic rings. The lowest BCUT2D eigenvalue weighted by atomic mass is 9.85. The van der Waals surface area contributed by atoms with Gasteiger partial charge in [0.1, 0.15) is 5.78 Å². The van der Waals surface area contributed by atoms with E-state index in [1.807, 2.05) is 0 Å². The first-order valence-corrected chi connectivity index (χ1v) is 4.44. The van der Waals surface area contributed by atoms with E-state index in [-0.39, 0.29) is 24.2 Å². The van der Waals surface area contributed by atoms with E-state index in [9.17, 15) is 19.5 Å². The molecule has 1 heterocycles. The van der Waals surface area contributed by atoms with E-state index >= 15 is 0 Å². The zero-order valence-electron chi connectivity index (χ0n) is 8.07. The lowest BCUT2D eigenvalue weighted by Gasteiger charge is -2.16. The van der Waals surface area contributed by atoms with E-state index in [2.05, 4.69) is 5.32 Å². The van der Waals surface area contributed by atoms with E-state index < -0.39 is 17.8 Å². The quantitative estimate of drug-likeness (QED) is 0.595. The molecule has 5 nitrogen and oxygen atoms in total. The molecule has 1 rings (SSSR count). The van der Waals surface area contributed by atoms with E-state index in [0.717, 1.165) is 0 Å². The van der Waals surface area contributed by atoms with Crippen molar-refractivity contribution in [2.45, 2.75) is 26.3 Å². The van der Waals surface area contributed by atoms with Gasteiger partial charge in [-0.1, -0.05) is 0 Å². The Hall–Kier alpha value is -1.39. The summed E-state index contributed by atoms with van der Waals surface area (Å²) in [6.45, 7) is 3.06. The van der Waals surface area contributed by atoms with Crippen LogP contribution < -0.4 is 10.4 Å². The second kappa shape index (κ2) is 3.77. The van der Waals surface area contributed by atoms with Gasteiger partial charge in [0.25, 0.3) is 0 Å². The highest BCUT2D eigenvalue weighted by atomic mass is 16.4. The van der Waals surface area contributed by atoms with Crippen molar-refractivity contribution in [2.24, 2.45) is 11.8 Å². The molecule has 0 spiro atoms. The molecule has 0 unspecified atom stereocenters. The summed E-state index contributed by atoms with van der Waals surface area (Å²) in [4.78, 5) is 32.8. The van der Waals surface area contributed by atoms with Gasteiger partial charge in [0.05, 0.1) is 5.92 Å². The predicted octanol–water partition coefficient (Wildman–Crippen LogP) is -1.53. The van der Waals surface area contributed by atoms with Crippen LogP contribution in [-0.4, -0.2) is 23.7 Å². The predicted molar refractivity (Wildman–Crippen MR) is 44.9 cm³/mol. The summed E-state index contributed by atoms with van der Waals surface area (Å²) in [6, 6.07) is -0.288. The summed E-state index contributed by atoms with van der Waals surface area (Å²) in [7, 11) is 0. The van der Waals surface area contributed by atoms with Gasteiger partial charge in [0.2, 0.25) is 5.91 Å². The van der Waals surface area contributed by atoms with Crippen LogP contribution in [0.4, 0.5) is 0 Å². The Labute approximate surface area is 81.5 Å². The molecule has 1 amide bonds. The normalized spacial score (nSPS) is 31.3. The monoisotopic (exact) mass is 198 g/mol. The fourth-order valence-electron chi connectivity index (χ4n) is 1.97. The molecule has 0 saturated carbocycles. The van der Waals surface area contributed by atoms with E-state index in [0.29, 0.717) is 0 Å². The van der Waals surface area contributed by atoms with E-state index in [1.54, 1.807) is 6.92 Å². The van der Waals surface area contributed by atoms with Crippen LogP contribution >= 0.6 is 0 Å². The Morgan fingerprint density at radius 1 is 1.50 bits per heavy atom. The zero-order valence-corrected chi connectivity index (χ0v) is 8.07. The van der Waals surface area contributed by atoms with Gasteiger partial charge >= 0.3 is 0 Å². The molecule has 1 fully saturated rings. The van der Waals surface area contributed by atoms with Gasteiger partial charge in [-0.3, -0.25) is 9.59 Å². The van der Waals surface area contributed by atoms with Crippen LogP contribution in [0.5, 0.6) is 0 Å². The molecule has 1 saturated heterocycles. The largest absolute Gasteiger partial charge is 0.550 e. The first kappa shape index (κ1) is 10.7. The van der Waals surface area contributed by atoms with Crippen LogP contribution in [0.1, 0.15) is 20.3 Å². The van der Waals surface area contributed by atoms with E-state index in [4.69, 9.17) is 0 Å². The van der Waals surface area contributed by atoms with Crippen molar-refractivity contribution in [1.82, 2.24) is 5.32 Å². The second-order valence-electron chi connectivity index (χ2n) is 3.62. The number of amides is 1. The molecular formula is C9H12NO4-. The van der Waals surface area contributed by atoms with Crippen molar-refractivity contribution < 1.29 is 19.5 Å². The number of nitrogens with one attached hydrogen (secondary N) is 1.